The molecule has 1 saturated heterocycles. The van der Waals surface area contributed by atoms with Gasteiger partial charge >= 0.3 is 0 Å². The maximum Gasteiger partial charge on any atom is 0.253 e. The van der Waals surface area contributed by atoms with E-state index in [0.29, 0.717) is 0 Å². The number of nitrogens with zero attached hydrogens (tertiary/aromatic N) is 3. The molecule has 4 nitrogen and oxygen atoms in total. The molecule has 2 heterocycles. The third kappa shape index (κ3) is 3.17. The molecule has 0 saturated carbocycles. The van der Waals surface area contributed by atoms with Gasteiger partial charge in [-0.1, -0.05) is 12.1 Å². The Morgan fingerprint density at radius 1 is 1.05 bits per heavy atom. The van der Waals surface area contributed by atoms with Gasteiger partial charge < -0.3 is 9.80 Å². The van der Waals surface area contributed by atoms with Gasteiger partial charge in [-0.3, -0.25) is 9.78 Å². The highest BCUT2D eigenvalue weighted by molar-refractivity contribution is 5.95. The van der Waals surface area contributed by atoms with E-state index in [4.69, 9.17) is 0 Å². The Bertz CT molecular complexity index is 676. The zero-order chi connectivity index (χ0) is 15.5. The van der Waals surface area contributed by atoms with Crippen molar-refractivity contribution < 1.29 is 4.79 Å². The predicted octanol–water partition coefficient (Wildman–Crippen LogP) is 2.44. The monoisotopic (exact) mass is 295 g/mol. The lowest BCUT2D eigenvalue weighted by molar-refractivity contribution is 0.0664. The van der Waals surface area contributed by atoms with E-state index in [1.54, 1.807) is 0 Å². The summed E-state index contributed by atoms with van der Waals surface area (Å²) in [5, 5.41) is 0. The van der Waals surface area contributed by atoms with Crippen LogP contribution in [0.5, 0.6) is 0 Å². The average molecular weight is 295 g/mol. The number of rotatable bonds is 2. The lowest BCUT2D eigenvalue weighted by Gasteiger charge is -2.32. The first kappa shape index (κ1) is 14.7. The average Bonchev–Trinajstić information content (AvgIpc) is 2.55. The summed E-state index contributed by atoms with van der Waals surface area (Å²) in [5.41, 5.74) is 3.96. The molecule has 114 valence electrons. The van der Waals surface area contributed by atoms with E-state index in [1.165, 1.54) is 0 Å². The van der Waals surface area contributed by atoms with Crippen LogP contribution in [0.4, 0.5) is 0 Å². The van der Waals surface area contributed by atoms with Gasteiger partial charge in [-0.05, 0) is 43.3 Å². The Morgan fingerprint density at radius 3 is 2.55 bits per heavy atom. The van der Waals surface area contributed by atoms with Gasteiger partial charge in [0, 0.05) is 49.7 Å². The summed E-state index contributed by atoms with van der Waals surface area (Å²) in [6.07, 6.45) is 3.68. The third-order valence-electron chi connectivity index (χ3n) is 4.11. The number of carbonyl (C=O) groups is 1. The molecule has 1 aromatic heterocycles. The molecule has 0 N–H and O–H groups in total. The minimum absolute atomic E-state index is 0.121. The van der Waals surface area contributed by atoms with E-state index < -0.39 is 0 Å². The summed E-state index contributed by atoms with van der Waals surface area (Å²) in [7, 11) is 2.09. The van der Waals surface area contributed by atoms with E-state index in [-0.39, 0.29) is 5.91 Å². The van der Waals surface area contributed by atoms with Crippen LogP contribution in [0.25, 0.3) is 11.1 Å². The van der Waals surface area contributed by atoms with Crippen molar-refractivity contribution in [2.75, 3.05) is 33.2 Å². The molecular formula is C18H21N3O. The van der Waals surface area contributed by atoms with E-state index in [0.717, 1.165) is 48.4 Å². The molecule has 0 unspecified atom stereocenters. The summed E-state index contributed by atoms with van der Waals surface area (Å²) < 4.78 is 0. The number of aromatic nitrogens is 1. The highest BCUT2D eigenvalue weighted by Crippen LogP contribution is 2.21. The molecule has 0 radical (unpaired) electrons. The molecule has 0 aliphatic carbocycles. The standard InChI is InChI=1S/C18H21N3O/c1-14-10-17(13-19-12-14)15-4-3-5-16(11-15)18(22)21-8-6-20(2)7-9-21/h3-5,10-13H,6-9H2,1-2H3. The molecule has 4 heteroatoms. The number of hydrogen-bond donors (Lipinski definition) is 0. The molecule has 3 rings (SSSR count). The predicted molar refractivity (Wildman–Crippen MR) is 87.8 cm³/mol. The smallest absolute Gasteiger partial charge is 0.253 e. The van der Waals surface area contributed by atoms with E-state index in [2.05, 4.69) is 23.0 Å². The molecule has 1 aliphatic heterocycles. The Hall–Kier alpha value is -2.20. The van der Waals surface area contributed by atoms with Gasteiger partial charge in [0.1, 0.15) is 0 Å². The number of piperazine rings is 1. The zero-order valence-electron chi connectivity index (χ0n) is 13.1. The van der Waals surface area contributed by atoms with E-state index >= 15 is 0 Å². The molecule has 1 aromatic carbocycles. The van der Waals surface area contributed by atoms with E-state index in [9.17, 15) is 4.79 Å². The maximum absolute atomic E-state index is 12.6. The summed E-state index contributed by atoms with van der Waals surface area (Å²) in [5.74, 6) is 0.121. The summed E-state index contributed by atoms with van der Waals surface area (Å²) in [4.78, 5) is 21.1. The molecule has 0 spiro atoms. The van der Waals surface area contributed by atoms with Gasteiger partial charge in [-0.2, -0.15) is 0 Å². The second kappa shape index (κ2) is 6.28. The van der Waals surface area contributed by atoms with Crippen molar-refractivity contribution in [2.45, 2.75) is 6.92 Å². The van der Waals surface area contributed by atoms with E-state index in [1.807, 2.05) is 48.5 Å². The van der Waals surface area contributed by atoms with Gasteiger partial charge in [0.15, 0.2) is 0 Å². The minimum Gasteiger partial charge on any atom is -0.336 e. The summed E-state index contributed by atoms with van der Waals surface area (Å²) in [6.45, 7) is 5.49. The first-order chi connectivity index (χ1) is 10.6. The van der Waals surface area contributed by atoms with Crippen LogP contribution in [-0.2, 0) is 0 Å². The lowest BCUT2D eigenvalue weighted by Crippen LogP contribution is -2.47. The van der Waals surface area contributed by atoms with Crippen LogP contribution in [-0.4, -0.2) is 53.9 Å². The van der Waals surface area contributed by atoms with Crippen molar-refractivity contribution in [1.29, 1.82) is 0 Å². The van der Waals surface area contributed by atoms with Crippen LogP contribution in [0.3, 0.4) is 0 Å². The van der Waals surface area contributed by atoms with Crippen molar-refractivity contribution in [3.63, 3.8) is 0 Å². The summed E-state index contributed by atoms with van der Waals surface area (Å²) >= 11 is 0. The fourth-order valence-electron chi connectivity index (χ4n) is 2.74. The van der Waals surface area contributed by atoms with Crippen molar-refractivity contribution in [3.8, 4) is 11.1 Å². The Labute approximate surface area is 131 Å². The quantitative estimate of drug-likeness (QED) is 0.854. The second-order valence-corrected chi connectivity index (χ2v) is 5.93. The number of aryl methyl sites for hydroxylation is 1. The minimum atomic E-state index is 0.121. The summed E-state index contributed by atoms with van der Waals surface area (Å²) in [6, 6.07) is 9.93. The maximum atomic E-state index is 12.6. The number of amides is 1. The van der Waals surface area contributed by atoms with Gasteiger partial charge in [-0.15, -0.1) is 0 Å². The van der Waals surface area contributed by atoms with Crippen molar-refractivity contribution in [3.05, 3.63) is 53.9 Å². The molecule has 0 atom stereocenters. The number of hydrogen-bond acceptors (Lipinski definition) is 3. The molecule has 2 aromatic rings. The van der Waals surface area contributed by atoms with Crippen molar-refractivity contribution >= 4 is 5.91 Å². The second-order valence-electron chi connectivity index (χ2n) is 5.93. The van der Waals surface area contributed by atoms with Crippen molar-refractivity contribution in [2.24, 2.45) is 0 Å². The number of pyridine rings is 1. The topological polar surface area (TPSA) is 36.4 Å². The first-order valence-electron chi connectivity index (χ1n) is 7.63. The molecular weight excluding hydrogens is 274 g/mol. The Morgan fingerprint density at radius 2 is 1.82 bits per heavy atom. The highest BCUT2D eigenvalue weighted by Gasteiger charge is 2.20. The SMILES string of the molecule is Cc1cncc(-c2cccc(C(=O)N3CCN(C)CC3)c2)c1. The number of carbonyl (C=O) groups excluding carboxylic acids is 1. The Kier molecular flexibility index (Phi) is 4.20. The van der Waals surface area contributed by atoms with Gasteiger partial charge in [0.05, 0.1) is 0 Å². The molecule has 0 bridgehead atoms. The molecule has 1 aliphatic rings. The highest BCUT2D eigenvalue weighted by atomic mass is 16.2. The van der Waals surface area contributed by atoms with Crippen molar-refractivity contribution in [1.82, 2.24) is 14.8 Å². The van der Waals surface area contributed by atoms with Crippen LogP contribution in [0.2, 0.25) is 0 Å². The number of likely N-dealkylation sites (N-methyl/N-ethyl adjacent to an activating group) is 1. The van der Waals surface area contributed by atoms with Crippen LogP contribution >= 0.6 is 0 Å². The fraction of sp³-hybridized carbons (Fsp3) is 0.333. The Balaban J connectivity index is 1.83. The van der Waals surface area contributed by atoms with Gasteiger partial charge in [-0.25, -0.2) is 0 Å². The molecule has 1 amide bonds. The first-order valence-corrected chi connectivity index (χ1v) is 7.63. The largest absolute Gasteiger partial charge is 0.336 e. The zero-order valence-corrected chi connectivity index (χ0v) is 13.1. The fourth-order valence-corrected chi connectivity index (χ4v) is 2.74. The lowest BCUT2D eigenvalue weighted by atomic mass is 10.0. The van der Waals surface area contributed by atoms with Crippen LogP contribution in [0, 0.1) is 6.92 Å². The number of benzene rings is 1. The van der Waals surface area contributed by atoms with Crippen LogP contribution in [0.15, 0.2) is 42.7 Å². The van der Waals surface area contributed by atoms with Gasteiger partial charge in [0.25, 0.3) is 5.91 Å². The normalized spacial score (nSPS) is 15.8. The molecule has 22 heavy (non-hydrogen) atoms. The molecule has 1 fully saturated rings. The van der Waals surface area contributed by atoms with Crippen LogP contribution < -0.4 is 0 Å². The third-order valence-corrected chi connectivity index (χ3v) is 4.11. The van der Waals surface area contributed by atoms with Gasteiger partial charge in [0.2, 0.25) is 0 Å². The van der Waals surface area contributed by atoms with Crippen LogP contribution in [0.1, 0.15) is 15.9 Å².